The van der Waals surface area contributed by atoms with E-state index in [4.69, 9.17) is 11.6 Å². The van der Waals surface area contributed by atoms with E-state index in [-0.39, 0.29) is 22.2 Å². The van der Waals surface area contributed by atoms with Crippen molar-refractivity contribution in [1.29, 1.82) is 0 Å². The van der Waals surface area contributed by atoms with Crippen molar-refractivity contribution in [2.24, 2.45) is 0 Å². The molecule has 2 saturated heterocycles. The van der Waals surface area contributed by atoms with Crippen LogP contribution in [0.3, 0.4) is 0 Å². The molecule has 0 bridgehead atoms. The van der Waals surface area contributed by atoms with Gasteiger partial charge in [0, 0.05) is 51.9 Å². The van der Waals surface area contributed by atoms with Gasteiger partial charge in [0.1, 0.15) is 11.5 Å². The summed E-state index contributed by atoms with van der Waals surface area (Å²) in [5, 5.41) is 3.30. The standard InChI is InChI=1S/C21H33ClFN5O/c1-4-26-9-11-27(12-10-26)15-21(5-7-28(8-6-21)16(2)3)25-20(29)19-18(22)13-17(23)14-24-19/h13-14,16H,4-12,15H2,1-3H3,(H,25,29). The van der Waals surface area contributed by atoms with E-state index >= 15 is 0 Å². The van der Waals surface area contributed by atoms with Crippen LogP contribution in [0.4, 0.5) is 4.39 Å². The number of carbonyl (C=O) groups excluding carboxylic acids is 1. The summed E-state index contributed by atoms with van der Waals surface area (Å²) in [5.74, 6) is -0.861. The average molecular weight is 426 g/mol. The topological polar surface area (TPSA) is 51.7 Å². The number of pyridine rings is 1. The van der Waals surface area contributed by atoms with Gasteiger partial charge in [-0.15, -0.1) is 0 Å². The number of nitrogens with zero attached hydrogens (tertiary/aromatic N) is 4. The maximum atomic E-state index is 13.3. The molecule has 2 fully saturated rings. The summed E-state index contributed by atoms with van der Waals surface area (Å²) < 4.78 is 13.3. The maximum absolute atomic E-state index is 13.3. The number of nitrogens with one attached hydrogen (secondary N) is 1. The fraction of sp³-hybridized carbons (Fsp3) is 0.714. The Labute approximate surface area is 178 Å². The monoisotopic (exact) mass is 425 g/mol. The second-order valence-corrected chi connectivity index (χ2v) is 8.97. The van der Waals surface area contributed by atoms with Crippen LogP contribution in [0.2, 0.25) is 5.02 Å². The summed E-state index contributed by atoms with van der Waals surface area (Å²) in [7, 11) is 0. The minimum atomic E-state index is -0.541. The number of hydrogen-bond donors (Lipinski definition) is 1. The van der Waals surface area contributed by atoms with E-state index < -0.39 is 5.82 Å². The number of piperazine rings is 1. The molecule has 0 aromatic carbocycles. The summed E-state index contributed by atoms with van der Waals surface area (Å²) in [6, 6.07) is 1.63. The van der Waals surface area contributed by atoms with Gasteiger partial charge in [-0.2, -0.15) is 0 Å². The zero-order chi connectivity index (χ0) is 21.0. The molecule has 3 heterocycles. The number of hydrogen-bond acceptors (Lipinski definition) is 5. The van der Waals surface area contributed by atoms with Crippen molar-refractivity contribution in [3.63, 3.8) is 0 Å². The minimum Gasteiger partial charge on any atom is -0.344 e. The Bertz CT molecular complexity index is 700. The van der Waals surface area contributed by atoms with Crippen molar-refractivity contribution in [2.45, 2.75) is 45.2 Å². The Morgan fingerprint density at radius 1 is 1.21 bits per heavy atom. The smallest absolute Gasteiger partial charge is 0.271 e. The first-order valence-electron chi connectivity index (χ1n) is 10.6. The predicted octanol–water partition coefficient (Wildman–Crippen LogP) is 2.48. The first-order valence-corrected chi connectivity index (χ1v) is 11.0. The van der Waals surface area contributed by atoms with Crippen molar-refractivity contribution < 1.29 is 9.18 Å². The number of amides is 1. The first kappa shape index (κ1) is 22.4. The van der Waals surface area contributed by atoms with E-state index in [1.54, 1.807) is 0 Å². The molecule has 0 spiro atoms. The van der Waals surface area contributed by atoms with Gasteiger partial charge < -0.3 is 15.1 Å². The average Bonchev–Trinajstić information content (AvgIpc) is 2.68. The molecule has 0 saturated carbocycles. The third-order valence-electron chi connectivity index (χ3n) is 6.33. The van der Waals surface area contributed by atoms with Crippen molar-refractivity contribution >= 4 is 17.5 Å². The fourth-order valence-corrected chi connectivity index (χ4v) is 4.60. The van der Waals surface area contributed by atoms with Crippen LogP contribution in [0.1, 0.15) is 44.1 Å². The molecule has 1 N–H and O–H groups in total. The Balaban J connectivity index is 1.73. The number of halogens is 2. The third-order valence-corrected chi connectivity index (χ3v) is 6.61. The molecule has 162 valence electrons. The molecule has 0 atom stereocenters. The molecular weight excluding hydrogens is 393 g/mol. The van der Waals surface area contributed by atoms with Gasteiger partial charge in [0.25, 0.3) is 5.91 Å². The Morgan fingerprint density at radius 2 is 1.83 bits per heavy atom. The summed E-state index contributed by atoms with van der Waals surface area (Å²) in [4.78, 5) is 24.3. The second kappa shape index (κ2) is 9.69. The summed E-state index contributed by atoms with van der Waals surface area (Å²) in [6.45, 7) is 14.5. The number of likely N-dealkylation sites (tertiary alicyclic amines) is 1. The van der Waals surface area contributed by atoms with Crippen LogP contribution < -0.4 is 5.32 Å². The van der Waals surface area contributed by atoms with E-state index in [2.05, 4.69) is 45.8 Å². The molecule has 2 aliphatic rings. The van der Waals surface area contributed by atoms with Crippen LogP contribution in [0.5, 0.6) is 0 Å². The highest BCUT2D eigenvalue weighted by atomic mass is 35.5. The maximum Gasteiger partial charge on any atom is 0.271 e. The van der Waals surface area contributed by atoms with Gasteiger partial charge >= 0.3 is 0 Å². The van der Waals surface area contributed by atoms with Gasteiger partial charge in [-0.05, 0) is 39.3 Å². The first-order chi connectivity index (χ1) is 13.8. The van der Waals surface area contributed by atoms with Crippen molar-refractivity contribution in [2.75, 3.05) is 52.4 Å². The zero-order valence-electron chi connectivity index (χ0n) is 17.8. The van der Waals surface area contributed by atoms with E-state index in [1.807, 2.05) is 0 Å². The number of rotatable bonds is 6. The third kappa shape index (κ3) is 5.66. The molecule has 6 nitrogen and oxygen atoms in total. The molecule has 0 aliphatic carbocycles. The van der Waals surface area contributed by atoms with Crippen LogP contribution in [-0.4, -0.2) is 89.5 Å². The van der Waals surface area contributed by atoms with Gasteiger partial charge in [-0.25, -0.2) is 9.37 Å². The molecule has 2 aliphatic heterocycles. The van der Waals surface area contributed by atoms with E-state index in [1.165, 1.54) is 0 Å². The van der Waals surface area contributed by atoms with Gasteiger partial charge in [0.2, 0.25) is 0 Å². The van der Waals surface area contributed by atoms with Crippen LogP contribution >= 0.6 is 11.6 Å². The van der Waals surface area contributed by atoms with E-state index in [9.17, 15) is 9.18 Å². The van der Waals surface area contributed by atoms with Crippen molar-refractivity contribution in [1.82, 2.24) is 25.0 Å². The SMILES string of the molecule is CCN1CCN(CC2(NC(=O)c3ncc(F)cc3Cl)CCN(C(C)C)CC2)CC1. The predicted molar refractivity (Wildman–Crippen MR) is 114 cm³/mol. The molecule has 1 aromatic heterocycles. The fourth-order valence-electron chi connectivity index (χ4n) is 4.36. The molecule has 0 unspecified atom stereocenters. The molecule has 3 rings (SSSR count). The summed E-state index contributed by atoms with van der Waals surface area (Å²) >= 11 is 6.09. The van der Waals surface area contributed by atoms with Crippen LogP contribution in [0, 0.1) is 5.82 Å². The molecule has 29 heavy (non-hydrogen) atoms. The van der Waals surface area contributed by atoms with Crippen molar-refractivity contribution in [3.8, 4) is 0 Å². The lowest BCUT2D eigenvalue weighted by Crippen LogP contribution is -2.63. The number of piperidine rings is 1. The highest BCUT2D eigenvalue weighted by Crippen LogP contribution is 2.27. The van der Waals surface area contributed by atoms with Crippen LogP contribution in [0.25, 0.3) is 0 Å². The van der Waals surface area contributed by atoms with Gasteiger partial charge in [-0.3, -0.25) is 9.69 Å². The number of aromatic nitrogens is 1. The highest BCUT2D eigenvalue weighted by Gasteiger charge is 2.39. The largest absolute Gasteiger partial charge is 0.344 e. The normalized spacial score (nSPS) is 21.4. The van der Waals surface area contributed by atoms with Gasteiger partial charge in [0.05, 0.1) is 16.8 Å². The van der Waals surface area contributed by atoms with E-state index in [0.29, 0.717) is 6.04 Å². The zero-order valence-corrected chi connectivity index (χ0v) is 18.5. The van der Waals surface area contributed by atoms with Crippen LogP contribution in [0.15, 0.2) is 12.3 Å². The minimum absolute atomic E-state index is 0.0498. The molecular formula is C21H33ClFN5O. The lowest BCUT2D eigenvalue weighted by atomic mass is 9.85. The number of likely N-dealkylation sites (N-methyl/N-ethyl adjacent to an activating group) is 1. The summed E-state index contributed by atoms with van der Waals surface area (Å²) in [5.41, 5.74) is -0.231. The van der Waals surface area contributed by atoms with Gasteiger partial charge in [0.15, 0.2) is 0 Å². The lowest BCUT2D eigenvalue weighted by Gasteiger charge is -2.47. The van der Waals surface area contributed by atoms with Crippen LogP contribution in [-0.2, 0) is 0 Å². The Kier molecular flexibility index (Phi) is 7.48. The Morgan fingerprint density at radius 3 is 2.38 bits per heavy atom. The lowest BCUT2D eigenvalue weighted by molar-refractivity contribution is 0.0501. The number of carbonyl (C=O) groups is 1. The highest BCUT2D eigenvalue weighted by molar-refractivity contribution is 6.33. The molecule has 1 aromatic rings. The molecule has 0 radical (unpaired) electrons. The molecule has 8 heteroatoms. The molecule has 1 amide bonds. The van der Waals surface area contributed by atoms with Gasteiger partial charge in [-0.1, -0.05) is 18.5 Å². The van der Waals surface area contributed by atoms with Crippen molar-refractivity contribution in [3.05, 3.63) is 28.8 Å². The second-order valence-electron chi connectivity index (χ2n) is 8.56. The Hall–Kier alpha value is -1.28. The quantitative estimate of drug-likeness (QED) is 0.758. The van der Waals surface area contributed by atoms with E-state index in [0.717, 1.165) is 77.5 Å². The summed E-state index contributed by atoms with van der Waals surface area (Å²) in [6.07, 6.45) is 2.80.